The predicted molar refractivity (Wildman–Crippen MR) is 77.6 cm³/mol. The van der Waals surface area contributed by atoms with Gasteiger partial charge in [0.25, 0.3) is 5.91 Å². The average Bonchev–Trinajstić information content (AvgIpc) is 2.45. The molecule has 0 aromatic heterocycles. The van der Waals surface area contributed by atoms with Crippen LogP contribution in [0.5, 0.6) is 0 Å². The molecule has 6 nitrogen and oxygen atoms in total. The van der Waals surface area contributed by atoms with E-state index >= 15 is 0 Å². The van der Waals surface area contributed by atoms with Crippen molar-refractivity contribution in [1.29, 1.82) is 0 Å². The van der Waals surface area contributed by atoms with E-state index in [9.17, 15) is 14.4 Å². The first-order valence-electron chi connectivity index (χ1n) is 6.68. The van der Waals surface area contributed by atoms with Crippen LogP contribution in [-0.2, 0) is 19.7 Å². The predicted octanol–water partition coefficient (Wildman–Crippen LogP) is 1.35. The lowest BCUT2D eigenvalue weighted by Crippen LogP contribution is -2.42. The third-order valence-electron chi connectivity index (χ3n) is 2.93. The zero-order valence-electron chi connectivity index (χ0n) is 12.4. The molecule has 0 saturated heterocycles. The van der Waals surface area contributed by atoms with Gasteiger partial charge in [-0.15, -0.1) is 0 Å². The average molecular weight is 292 g/mol. The summed E-state index contributed by atoms with van der Waals surface area (Å²) >= 11 is 0. The molecule has 1 aromatic carbocycles. The number of amides is 3. The molecule has 1 rings (SSSR count). The van der Waals surface area contributed by atoms with Gasteiger partial charge in [-0.25, -0.2) is 4.79 Å². The zero-order valence-corrected chi connectivity index (χ0v) is 12.4. The van der Waals surface area contributed by atoms with Crippen molar-refractivity contribution < 1.29 is 19.1 Å². The second-order valence-electron chi connectivity index (χ2n) is 4.97. The van der Waals surface area contributed by atoms with Crippen molar-refractivity contribution in [3.63, 3.8) is 0 Å². The van der Waals surface area contributed by atoms with Crippen LogP contribution in [0.3, 0.4) is 0 Å². The number of imide groups is 1. The molecule has 21 heavy (non-hydrogen) atoms. The Morgan fingerprint density at radius 3 is 2.33 bits per heavy atom. The van der Waals surface area contributed by atoms with E-state index in [1.165, 1.54) is 0 Å². The van der Waals surface area contributed by atoms with Gasteiger partial charge in [-0.3, -0.25) is 14.9 Å². The van der Waals surface area contributed by atoms with Gasteiger partial charge >= 0.3 is 12.0 Å². The largest absolute Gasteiger partial charge is 0.455 e. The van der Waals surface area contributed by atoms with Crippen LogP contribution < -0.4 is 10.6 Å². The molecule has 1 aromatic rings. The van der Waals surface area contributed by atoms with E-state index in [1.807, 2.05) is 30.3 Å². The molecule has 0 unspecified atom stereocenters. The Balaban J connectivity index is 2.54. The number of carbonyl (C=O) groups is 3. The van der Waals surface area contributed by atoms with Crippen LogP contribution in [0.1, 0.15) is 26.3 Å². The van der Waals surface area contributed by atoms with Gasteiger partial charge in [0.15, 0.2) is 6.61 Å². The molecule has 114 valence electrons. The summed E-state index contributed by atoms with van der Waals surface area (Å²) in [5.41, 5.74) is -0.0770. The Hall–Kier alpha value is -2.37. The lowest BCUT2D eigenvalue weighted by molar-refractivity contribution is -0.153. The van der Waals surface area contributed by atoms with E-state index in [-0.39, 0.29) is 0 Å². The number of carbonyl (C=O) groups excluding carboxylic acids is 3. The molecule has 0 aliphatic carbocycles. The number of ether oxygens (including phenoxy) is 1. The standard InChI is InChI=1S/C15H20N2O4/c1-4-16-14(20)17-12(18)10-21-13(19)15(2,3)11-8-6-5-7-9-11/h5-9H,4,10H2,1-3H3,(H2,16,17,18,20). The highest BCUT2D eigenvalue weighted by Gasteiger charge is 2.31. The minimum atomic E-state index is -0.868. The van der Waals surface area contributed by atoms with Crippen LogP contribution in [0, 0.1) is 0 Å². The van der Waals surface area contributed by atoms with Crippen LogP contribution in [0.15, 0.2) is 30.3 Å². The summed E-state index contributed by atoms with van der Waals surface area (Å²) in [7, 11) is 0. The van der Waals surface area contributed by atoms with Crippen molar-refractivity contribution in [1.82, 2.24) is 10.6 Å². The van der Waals surface area contributed by atoms with Gasteiger partial charge in [0.1, 0.15) is 0 Å². The van der Waals surface area contributed by atoms with E-state index in [2.05, 4.69) is 10.6 Å². The van der Waals surface area contributed by atoms with Gasteiger partial charge in [0.05, 0.1) is 5.41 Å². The summed E-state index contributed by atoms with van der Waals surface area (Å²) in [6, 6.07) is 8.52. The van der Waals surface area contributed by atoms with Crippen molar-refractivity contribution in [2.24, 2.45) is 0 Å². The minimum absolute atomic E-state index is 0.403. The second kappa shape index (κ2) is 7.42. The molecule has 0 aliphatic heterocycles. The highest BCUT2D eigenvalue weighted by Crippen LogP contribution is 2.24. The SMILES string of the molecule is CCNC(=O)NC(=O)COC(=O)C(C)(C)c1ccccc1. The quantitative estimate of drug-likeness (QED) is 0.802. The third kappa shape index (κ3) is 4.91. The fraction of sp³-hybridized carbons (Fsp3) is 0.400. The fourth-order valence-corrected chi connectivity index (χ4v) is 1.65. The van der Waals surface area contributed by atoms with E-state index in [1.54, 1.807) is 20.8 Å². The maximum Gasteiger partial charge on any atom is 0.321 e. The van der Waals surface area contributed by atoms with Crippen LogP contribution >= 0.6 is 0 Å². The van der Waals surface area contributed by atoms with Gasteiger partial charge in [0.2, 0.25) is 0 Å². The Labute approximate surface area is 123 Å². The molecule has 2 N–H and O–H groups in total. The monoisotopic (exact) mass is 292 g/mol. The number of rotatable bonds is 5. The molecule has 0 atom stereocenters. The first-order chi connectivity index (χ1) is 9.87. The molecular formula is C15H20N2O4. The second-order valence-corrected chi connectivity index (χ2v) is 4.97. The van der Waals surface area contributed by atoms with Crippen LogP contribution in [0.25, 0.3) is 0 Å². The molecule has 0 aliphatic rings. The summed E-state index contributed by atoms with van der Waals surface area (Å²) in [4.78, 5) is 34.7. The van der Waals surface area contributed by atoms with E-state index in [0.29, 0.717) is 6.54 Å². The van der Waals surface area contributed by atoms with E-state index in [4.69, 9.17) is 4.74 Å². The topological polar surface area (TPSA) is 84.5 Å². The van der Waals surface area contributed by atoms with Crippen molar-refractivity contribution in [3.8, 4) is 0 Å². The van der Waals surface area contributed by atoms with Crippen LogP contribution in [-0.4, -0.2) is 31.1 Å². The van der Waals surface area contributed by atoms with Crippen molar-refractivity contribution in [3.05, 3.63) is 35.9 Å². The Kier molecular flexibility index (Phi) is 5.90. The van der Waals surface area contributed by atoms with E-state index in [0.717, 1.165) is 5.56 Å². The Bertz CT molecular complexity index is 512. The van der Waals surface area contributed by atoms with Crippen molar-refractivity contribution in [2.75, 3.05) is 13.2 Å². The summed E-state index contributed by atoms with van der Waals surface area (Å²) in [6.45, 7) is 5.07. The van der Waals surface area contributed by atoms with Gasteiger partial charge in [-0.2, -0.15) is 0 Å². The number of esters is 1. The summed E-state index contributed by atoms with van der Waals surface area (Å²) in [5, 5.41) is 4.47. The zero-order chi connectivity index (χ0) is 15.9. The summed E-state index contributed by atoms with van der Waals surface area (Å²) in [6.07, 6.45) is 0. The molecule has 0 heterocycles. The number of hydrogen-bond donors (Lipinski definition) is 2. The maximum absolute atomic E-state index is 12.1. The van der Waals surface area contributed by atoms with Gasteiger partial charge < -0.3 is 10.1 Å². The first-order valence-corrected chi connectivity index (χ1v) is 6.68. The molecule has 3 amide bonds. The lowest BCUT2D eigenvalue weighted by atomic mass is 9.85. The summed E-state index contributed by atoms with van der Waals surface area (Å²) in [5.74, 6) is -1.20. The lowest BCUT2D eigenvalue weighted by Gasteiger charge is -2.22. The Morgan fingerprint density at radius 1 is 1.14 bits per heavy atom. The van der Waals surface area contributed by atoms with Crippen LogP contribution in [0.4, 0.5) is 4.79 Å². The van der Waals surface area contributed by atoms with E-state index < -0.39 is 29.9 Å². The molecule has 0 saturated carbocycles. The molecular weight excluding hydrogens is 272 g/mol. The Morgan fingerprint density at radius 2 is 1.76 bits per heavy atom. The molecule has 0 spiro atoms. The first kappa shape index (κ1) is 16.7. The summed E-state index contributed by atoms with van der Waals surface area (Å²) < 4.78 is 4.97. The number of benzene rings is 1. The van der Waals surface area contributed by atoms with Gasteiger partial charge in [-0.1, -0.05) is 30.3 Å². The molecule has 6 heteroatoms. The van der Waals surface area contributed by atoms with Crippen molar-refractivity contribution in [2.45, 2.75) is 26.2 Å². The third-order valence-corrected chi connectivity index (χ3v) is 2.93. The highest BCUT2D eigenvalue weighted by molar-refractivity contribution is 5.96. The molecule has 0 bridgehead atoms. The van der Waals surface area contributed by atoms with Gasteiger partial charge in [0, 0.05) is 6.54 Å². The van der Waals surface area contributed by atoms with Crippen molar-refractivity contribution >= 4 is 17.9 Å². The molecule has 0 fully saturated rings. The maximum atomic E-state index is 12.1. The normalized spacial score (nSPS) is 10.6. The minimum Gasteiger partial charge on any atom is -0.455 e. The smallest absolute Gasteiger partial charge is 0.321 e. The fourth-order valence-electron chi connectivity index (χ4n) is 1.65. The number of hydrogen-bond acceptors (Lipinski definition) is 4. The van der Waals surface area contributed by atoms with Gasteiger partial charge in [-0.05, 0) is 26.3 Å². The number of nitrogens with one attached hydrogen (secondary N) is 2. The number of urea groups is 1. The molecule has 0 radical (unpaired) electrons. The van der Waals surface area contributed by atoms with Crippen LogP contribution in [0.2, 0.25) is 0 Å². The highest BCUT2D eigenvalue weighted by atomic mass is 16.5.